The van der Waals surface area contributed by atoms with Gasteiger partial charge in [0.15, 0.2) is 0 Å². The van der Waals surface area contributed by atoms with Crippen LogP contribution in [-0.4, -0.2) is 47.1 Å². The van der Waals surface area contributed by atoms with Gasteiger partial charge in [-0.2, -0.15) is 0 Å². The lowest BCUT2D eigenvalue weighted by Crippen LogP contribution is -2.32. The minimum Gasteiger partial charge on any atom is -0.481 e. The number of carboxylic acids is 1. The maximum atomic E-state index is 10.4. The number of carbonyl (C=O) groups is 1. The zero-order valence-electron chi connectivity index (χ0n) is 10.1. The summed E-state index contributed by atoms with van der Waals surface area (Å²) in [5.41, 5.74) is -0.0183. The molecular weight excluding hydrogens is 210 g/mol. The van der Waals surface area contributed by atoms with E-state index in [1.807, 2.05) is 13.8 Å². The number of carboxylic acid groups (broad SMARTS) is 1. The molecule has 0 aliphatic rings. The maximum absolute atomic E-state index is 10.4. The first-order valence-corrected chi connectivity index (χ1v) is 5.59. The van der Waals surface area contributed by atoms with Gasteiger partial charge in [-0.3, -0.25) is 4.79 Å². The van der Waals surface area contributed by atoms with Crippen molar-refractivity contribution in [3.63, 3.8) is 0 Å². The van der Waals surface area contributed by atoms with E-state index < -0.39 is 12.1 Å². The van der Waals surface area contributed by atoms with Crippen molar-refractivity contribution in [1.29, 1.82) is 0 Å². The van der Waals surface area contributed by atoms with Gasteiger partial charge in [0.05, 0.1) is 12.7 Å². The summed E-state index contributed by atoms with van der Waals surface area (Å²) < 4.78 is 0. The van der Waals surface area contributed by atoms with Gasteiger partial charge in [-0.25, -0.2) is 0 Å². The fourth-order valence-corrected chi connectivity index (χ4v) is 1.33. The molecular formula is C11H23NO4. The van der Waals surface area contributed by atoms with Crippen molar-refractivity contribution in [3.05, 3.63) is 0 Å². The van der Waals surface area contributed by atoms with Crippen LogP contribution in [-0.2, 0) is 4.79 Å². The molecule has 0 spiro atoms. The standard InChI is InChI=1S/C11H23NO4/c1-11(2,4-3-10(15)16)5-6-12-7-9(14)8-13/h9,12-14H,3-8H2,1-2H3,(H,15,16). The average Bonchev–Trinajstić information content (AvgIpc) is 2.21. The van der Waals surface area contributed by atoms with E-state index in [0.717, 1.165) is 6.42 Å². The highest BCUT2D eigenvalue weighted by Gasteiger charge is 2.18. The molecule has 0 fully saturated rings. The molecule has 0 aromatic heterocycles. The molecule has 5 heteroatoms. The molecule has 0 rings (SSSR count). The molecule has 1 atom stereocenters. The molecule has 4 N–H and O–H groups in total. The van der Waals surface area contributed by atoms with Crippen molar-refractivity contribution in [2.24, 2.45) is 5.41 Å². The van der Waals surface area contributed by atoms with E-state index in [9.17, 15) is 4.79 Å². The van der Waals surface area contributed by atoms with Crippen LogP contribution in [0.2, 0.25) is 0 Å². The van der Waals surface area contributed by atoms with Crippen LogP contribution in [0, 0.1) is 5.41 Å². The fraction of sp³-hybridized carbons (Fsp3) is 0.909. The van der Waals surface area contributed by atoms with E-state index in [2.05, 4.69) is 5.32 Å². The number of nitrogens with one attached hydrogen (secondary N) is 1. The van der Waals surface area contributed by atoms with E-state index in [-0.39, 0.29) is 18.4 Å². The normalized spacial score (nSPS) is 13.8. The van der Waals surface area contributed by atoms with E-state index in [4.69, 9.17) is 15.3 Å². The van der Waals surface area contributed by atoms with Crippen molar-refractivity contribution in [2.45, 2.75) is 39.2 Å². The Hall–Kier alpha value is -0.650. The molecule has 0 aliphatic carbocycles. The molecule has 1 unspecified atom stereocenters. The zero-order valence-corrected chi connectivity index (χ0v) is 10.1. The second-order valence-electron chi connectivity index (χ2n) is 4.85. The molecule has 0 aromatic rings. The Morgan fingerprint density at radius 1 is 1.38 bits per heavy atom. The smallest absolute Gasteiger partial charge is 0.303 e. The second-order valence-corrected chi connectivity index (χ2v) is 4.85. The van der Waals surface area contributed by atoms with Gasteiger partial charge in [-0.05, 0) is 24.8 Å². The molecule has 0 bridgehead atoms. The van der Waals surface area contributed by atoms with E-state index in [1.165, 1.54) is 0 Å². The molecule has 0 aliphatic heterocycles. The average molecular weight is 233 g/mol. The molecule has 0 saturated heterocycles. The van der Waals surface area contributed by atoms with Gasteiger partial charge in [0.2, 0.25) is 0 Å². The summed E-state index contributed by atoms with van der Waals surface area (Å²) in [4.78, 5) is 10.4. The first-order valence-electron chi connectivity index (χ1n) is 5.59. The molecule has 0 radical (unpaired) electrons. The predicted molar refractivity (Wildman–Crippen MR) is 61.2 cm³/mol. The monoisotopic (exact) mass is 233 g/mol. The quantitative estimate of drug-likeness (QED) is 0.427. The predicted octanol–water partition coefficient (Wildman–Crippen LogP) is 0.210. The highest BCUT2D eigenvalue weighted by atomic mass is 16.4. The first-order chi connectivity index (χ1) is 7.37. The van der Waals surface area contributed by atoms with Crippen LogP contribution in [0.25, 0.3) is 0 Å². The van der Waals surface area contributed by atoms with E-state index in [0.29, 0.717) is 19.5 Å². The minimum atomic E-state index is -0.767. The van der Waals surface area contributed by atoms with E-state index >= 15 is 0 Å². The summed E-state index contributed by atoms with van der Waals surface area (Å²) in [6.07, 6.45) is 0.958. The van der Waals surface area contributed by atoms with Gasteiger partial charge < -0.3 is 20.6 Å². The molecule has 5 nitrogen and oxygen atoms in total. The van der Waals surface area contributed by atoms with Crippen molar-refractivity contribution in [1.82, 2.24) is 5.32 Å². The SMILES string of the molecule is CC(C)(CCNCC(O)CO)CCC(=O)O. The Labute approximate surface area is 96.5 Å². The fourth-order valence-electron chi connectivity index (χ4n) is 1.33. The topological polar surface area (TPSA) is 89.8 Å². The van der Waals surface area contributed by atoms with Crippen LogP contribution >= 0.6 is 0 Å². The van der Waals surface area contributed by atoms with Crippen molar-refractivity contribution in [3.8, 4) is 0 Å². The Morgan fingerprint density at radius 2 is 2.00 bits per heavy atom. The van der Waals surface area contributed by atoms with Crippen LogP contribution in [0.4, 0.5) is 0 Å². The van der Waals surface area contributed by atoms with Crippen LogP contribution in [0.15, 0.2) is 0 Å². The number of aliphatic hydroxyl groups excluding tert-OH is 2. The summed E-state index contributed by atoms with van der Waals surface area (Å²) in [6.45, 7) is 4.89. The van der Waals surface area contributed by atoms with Gasteiger partial charge >= 0.3 is 5.97 Å². The summed E-state index contributed by atoms with van der Waals surface area (Å²) in [5.74, 6) is -0.767. The number of aliphatic hydroxyl groups is 2. The van der Waals surface area contributed by atoms with Gasteiger partial charge in [-0.1, -0.05) is 13.8 Å². The van der Waals surface area contributed by atoms with E-state index in [1.54, 1.807) is 0 Å². The summed E-state index contributed by atoms with van der Waals surface area (Å²) in [6, 6.07) is 0. The Balaban J connectivity index is 3.61. The number of aliphatic carboxylic acids is 1. The Bertz CT molecular complexity index is 206. The van der Waals surface area contributed by atoms with Crippen LogP contribution in [0.3, 0.4) is 0 Å². The molecule has 96 valence electrons. The number of rotatable bonds is 9. The minimum absolute atomic E-state index is 0.0183. The van der Waals surface area contributed by atoms with Crippen molar-refractivity contribution < 1.29 is 20.1 Å². The number of hydrogen-bond acceptors (Lipinski definition) is 4. The zero-order chi connectivity index (χ0) is 12.6. The maximum Gasteiger partial charge on any atom is 0.303 e. The highest BCUT2D eigenvalue weighted by Crippen LogP contribution is 2.25. The van der Waals surface area contributed by atoms with Gasteiger partial charge in [0.25, 0.3) is 0 Å². The lowest BCUT2D eigenvalue weighted by Gasteiger charge is -2.24. The van der Waals surface area contributed by atoms with Crippen LogP contribution < -0.4 is 5.32 Å². The van der Waals surface area contributed by atoms with Crippen molar-refractivity contribution >= 4 is 5.97 Å². The van der Waals surface area contributed by atoms with Gasteiger partial charge in [0.1, 0.15) is 0 Å². The van der Waals surface area contributed by atoms with Gasteiger partial charge in [-0.15, -0.1) is 0 Å². The Morgan fingerprint density at radius 3 is 2.50 bits per heavy atom. The van der Waals surface area contributed by atoms with Crippen LogP contribution in [0.5, 0.6) is 0 Å². The summed E-state index contributed by atoms with van der Waals surface area (Å²) in [5, 5.41) is 29.3. The third-order valence-corrected chi connectivity index (χ3v) is 2.58. The second kappa shape index (κ2) is 7.60. The van der Waals surface area contributed by atoms with Gasteiger partial charge in [0, 0.05) is 13.0 Å². The molecule has 0 saturated carbocycles. The highest BCUT2D eigenvalue weighted by molar-refractivity contribution is 5.66. The lowest BCUT2D eigenvalue weighted by atomic mass is 9.84. The lowest BCUT2D eigenvalue weighted by molar-refractivity contribution is -0.137. The largest absolute Gasteiger partial charge is 0.481 e. The van der Waals surface area contributed by atoms with Crippen molar-refractivity contribution in [2.75, 3.05) is 19.7 Å². The first kappa shape index (κ1) is 15.3. The summed E-state index contributed by atoms with van der Waals surface area (Å²) >= 11 is 0. The third-order valence-electron chi connectivity index (χ3n) is 2.58. The molecule has 0 amide bonds. The summed E-state index contributed by atoms with van der Waals surface area (Å²) in [7, 11) is 0. The molecule has 0 heterocycles. The molecule has 16 heavy (non-hydrogen) atoms. The molecule has 0 aromatic carbocycles. The Kier molecular flexibility index (Phi) is 7.29. The number of hydrogen-bond donors (Lipinski definition) is 4. The third kappa shape index (κ3) is 8.64. The van der Waals surface area contributed by atoms with Crippen LogP contribution in [0.1, 0.15) is 33.1 Å².